The minimum Gasteiger partial charge on any atom is -0.348 e. The van der Waals surface area contributed by atoms with E-state index in [0.717, 1.165) is 4.90 Å². The van der Waals surface area contributed by atoms with Gasteiger partial charge in [-0.15, -0.1) is 0 Å². The molecule has 6 nitrogen and oxygen atoms in total. The largest absolute Gasteiger partial charge is 0.348 e. The lowest BCUT2D eigenvalue weighted by Gasteiger charge is -2.28. The maximum Gasteiger partial charge on any atom is 0.246 e. The van der Waals surface area contributed by atoms with Gasteiger partial charge in [0.15, 0.2) is 0 Å². The number of imide groups is 1. The lowest BCUT2D eigenvalue weighted by atomic mass is 10.0. The molecule has 3 amide bonds. The highest BCUT2D eigenvalue weighted by Gasteiger charge is 2.31. The minimum absolute atomic E-state index is 0.0904. The number of hydrogen-bond acceptors (Lipinski definition) is 4. The molecule has 0 aromatic carbocycles. The van der Waals surface area contributed by atoms with E-state index in [1.807, 2.05) is 0 Å². The van der Waals surface area contributed by atoms with Crippen molar-refractivity contribution in [3.8, 4) is 0 Å². The number of hydrogen-bond donors (Lipinski definition) is 1. The third-order valence-electron chi connectivity index (χ3n) is 2.65. The van der Waals surface area contributed by atoms with E-state index in [2.05, 4.69) is 5.32 Å². The summed E-state index contributed by atoms with van der Waals surface area (Å²) in [6, 6.07) is -0.424. The topological polar surface area (TPSA) is 69.7 Å². The Morgan fingerprint density at radius 1 is 1.50 bits per heavy atom. The first-order valence-electron chi connectivity index (χ1n) is 5.17. The molecule has 0 aromatic rings. The van der Waals surface area contributed by atoms with Crippen molar-refractivity contribution in [3.63, 3.8) is 0 Å². The Labute approximate surface area is 94.6 Å². The SMILES string of the molecule is CN(C)C(=O)CNC1CCC(=O)N(C)C1=O. The van der Waals surface area contributed by atoms with Crippen molar-refractivity contribution < 1.29 is 14.4 Å². The maximum atomic E-state index is 11.6. The first kappa shape index (κ1) is 12.6. The van der Waals surface area contributed by atoms with Gasteiger partial charge < -0.3 is 4.90 Å². The molecule has 0 bridgehead atoms. The van der Waals surface area contributed by atoms with Crippen LogP contribution in [0.2, 0.25) is 0 Å². The number of rotatable bonds is 3. The lowest BCUT2D eigenvalue weighted by molar-refractivity contribution is -0.148. The van der Waals surface area contributed by atoms with Crippen LogP contribution in [0.1, 0.15) is 12.8 Å². The molecule has 1 aliphatic rings. The van der Waals surface area contributed by atoms with Crippen molar-refractivity contribution in [2.24, 2.45) is 0 Å². The molecule has 0 spiro atoms. The first-order valence-corrected chi connectivity index (χ1v) is 5.17. The van der Waals surface area contributed by atoms with Gasteiger partial charge in [-0.25, -0.2) is 0 Å². The van der Waals surface area contributed by atoms with Crippen LogP contribution in [-0.4, -0.2) is 61.3 Å². The number of likely N-dealkylation sites (tertiary alicyclic amines) is 1. The van der Waals surface area contributed by atoms with Gasteiger partial charge in [-0.2, -0.15) is 0 Å². The van der Waals surface area contributed by atoms with Crippen molar-refractivity contribution in [3.05, 3.63) is 0 Å². The lowest BCUT2D eigenvalue weighted by Crippen LogP contribution is -2.53. The number of nitrogens with zero attached hydrogens (tertiary/aromatic N) is 2. The second kappa shape index (κ2) is 5.07. The monoisotopic (exact) mass is 227 g/mol. The highest BCUT2D eigenvalue weighted by molar-refractivity contribution is 6.00. The summed E-state index contributed by atoms with van der Waals surface area (Å²) in [4.78, 5) is 36.7. The van der Waals surface area contributed by atoms with E-state index >= 15 is 0 Å². The fourth-order valence-corrected chi connectivity index (χ4v) is 1.47. The average Bonchev–Trinajstić information content (AvgIpc) is 2.24. The van der Waals surface area contributed by atoms with E-state index in [1.54, 1.807) is 14.1 Å². The van der Waals surface area contributed by atoms with Crippen LogP contribution in [-0.2, 0) is 14.4 Å². The van der Waals surface area contributed by atoms with Gasteiger partial charge in [0.25, 0.3) is 0 Å². The fourth-order valence-electron chi connectivity index (χ4n) is 1.47. The molecule has 1 saturated heterocycles. The van der Waals surface area contributed by atoms with Crippen LogP contribution in [0.15, 0.2) is 0 Å². The van der Waals surface area contributed by atoms with Crippen LogP contribution in [0.3, 0.4) is 0 Å². The Morgan fingerprint density at radius 2 is 2.12 bits per heavy atom. The van der Waals surface area contributed by atoms with Crippen molar-refractivity contribution in [2.45, 2.75) is 18.9 Å². The molecule has 90 valence electrons. The van der Waals surface area contributed by atoms with Gasteiger partial charge in [-0.1, -0.05) is 0 Å². The molecule has 0 aromatic heterocycles. The third-order valence-corrected chi connectivity index (χ3v) is 2.65. The highest BCUT2D eigenvalue weighted by atomic mass is 16.2. The Bertz CT molecular complexity index is 314. The molecule has 0 saturated carbocycles. The zero-order chi connectivity index (χ0) is 12.3. The summed E-state index contributed by atoms with van der Waals surface area (Å²) in [6.45, 7) is 0.117. The first-order chi connectivity index (χ1) is 7.43. The number of likely N-dealkylation sites (N-methyl/N-ethyl adjacent to an activating group) is 2. The standard InChI is InChI=1S/C10H17N3O3/c1-12(2)9(15)6-11-7-4-5-8(14)13(3)10(7)16/h7,11H,4-6H2,1-3H3. The van der Waals surface area contributed by atoms with Gasteiger partial charge in [-0.05, 0) is 6.42 Å². The van der Waals surface area contributed by atoms with Crippen LogP contribution < -0.4 is 5.32 Å². The molecule has 1 fully saturated rings. The minimum atomic E-state index is -0.424. The van der Waals surface area contributed by atoms with E-state index in [-0.39, 0.29) is 24.3 Å². The number of nitrogens with one attached hydrogen (secondary N) is 1. The number of carbonyl (C=O) groups is 3. The molecule has 1 heterocycles. The molecule has 6 heteroatoms. The number of carbonyl (C=O) groups excluding carboxylic acids is 3. The van der Waals surface area contributed by atoms with E-state index in [0.29, 0.717) is 12.8 Å². The summed E-state index contributed by atoms with van der Waals surface area (Å²) in [6.07, 6.45) is 0.804. The summed E-state index contributed by atoms with van der Waals surface area (Å²) < 4.78 is 0. The summed E-state index contributed by atoms with van der Waals surface area (Å²) in [5.74, 6) is -0.517. The third kappa shape index (κ3) is 2.79. The zero-order valence-electron chi connectivity index (χ0n) is 9.82. The molecular formula is C10H17N3O3. The molecule has 1 aliphatic heterocycles. The van der Waals surface area contributed by atoms with Gasteiger partial charge >= 0.3 is 0 Å². The Balaban J connectivity index is 2.47. The summed E-state index contributed by atoms with van der Waals surface area (Å²) >= 11 is 0. The Kier molecular flexibility index (Phi) is 4.00. The van der Waals surface area contributed by atoms with E-state index in [1.165, 1.54) is 11.9 Å². The summed E-state index contributed by atoms with van der Waals surface area (Å²) in [7, 11) is 4.77. The van der Waals surface area contributed by atoms with Crippen LogP contribution in [0.5, 0.6) is 0 Å². The number of piperidine rings is 1. The molecule has 16 heavy (non-hydrogen) atoms. The Hall–Kier alpha value is -1.43. The van der Waals surface area contributed by atoms with Crippen LogP contribution >= 0.6 is 0 Å². The van der Waals surface area contributed by atoms with E-state index in [9.17, 15) is 14.4 Å². The normalized spacial score (nSPS) is 21.2. The second-order valence-corrected chi connectivity index (χ2v) is 4.05. The molecule has 0 radical (unpaired) electrons. The summed E-state index contributed by atoms with van der Waals surface area (Å²) in [5, 5.41) is 2.87. The van der Waals surface area contributed by atoms with Gasteiger partial charge in [0.2, 0.25) is 17.7 Å². The van der Waals surface area contributed by atoms with E-state index < -0.39 is 6.04 Å². The average molecular weight is 227 g/mol. The van der Waals surface area contributed by atoms with Crippen molar-refractivity contribution in [1.29, 1.82) is 0 Å². The molecule has 0 aliphatic carbocycles. The molecular weight excluding hydrogens is 210 g/mol. The Morgan fingerprint density at radius 3 is 2.69 bits per heavy atom. The zero-order valence-corrected chi connectivity index (χ0v) is 9.82. The quantitative estimate of drug-likeness (QED) is 0.616. The van der Waals surface area contributed by atoms with Gasteiger partial charge in [0.05, 0.1) is 12.6 Å². The smallest absolute Gasteiger partial charge is 0.246 e. The summed E-state index contributed by atoms with van der Waals surface area (Å²) in [5.41, 5.74) is 0. The molecule has 1 rings (SSSR count). The van der Waals surface area contributed by atoms with Crippen LogP contribution in [0, 0.1) is 0 Å². The van der Waals surface area contributed by atoms with Crippen molar-refractivity contribution in [2.75, 3.05) is 27.7 Å². The van der Waals surface area contributed by atoms with Crippen molar-refractivity contribution in [1.82, 2.24) is 15.1 Å². The maximum absolute atomic E-state index is 11.6. The molecule has 1 atom stereocenters. The number of amides is 3. The van der Waals surface area contributed by atoms with Gasteiger partial charge in [-0.3, -0.25) is 24.6 Å². The molecule has 1 unspecified atom stereocenters. The van der Waals surface area contributed by atoms with Gasteiger partial charge in [0, 0.05) is 27.6 Å². The fraction of sp³-hybridized carbons (Fsp3) is 0.700. The van der Waals surface area contributed by atoms with Crippen LogP contribution in [0.25, 0.3) is 0 Å². The van der Waals surface area contributed by atoms with Crippen LogP contribution in [0.4, 0.5) is 0 Å². The predicted octanol–water partition coefficient (Wildman–Crippen LogP) is -1.19. The van der Waals surface area contributed by atoms with Crippen molar-refractivity contribution >= 4 is 17.7 Å². The second-order valence-electron chi connectivity index (χ2n) is 4.05. The highest BCUT2D eigenvalue weighted by Crippen LogP contribution is 2.10. The molecule has 1 N–H and O–H groups in total. The van der Waals surface area contributed by atoms with E-state index in [4.69, 9.17) is 0 Å². The van der Waals surface area contributed by atoms with Gasteiger partial charge in [0.1, 0.15) is 0 Å². The predicted molar refractivity (Wildman–Crippen MR) is 57.5 cm³/mol.